The zero-order valence-corrected chi connectivity index (χ0v) is 17.8. The Kier molecular flexibility index (Phi) is 5.14. The lowest BCUT2D eigenvalue weighted by molar-refractivity contribution is -0.130. The number of amides is 1. The molecule has 2 aromatic heterocycles. The Balaban J connectivity index is 1.60. The van der Waals surface area contributed by atoms with E-state index in [1.165, 1.54) is 4.90 Å². The van der Waals surface area contributed by atoms with Gasteiger partial charge in [-0.3, -0.25) is 14.6 Å². The fourth-order valence-corrected chi connectivity index (χ4v) is 4.18. The van der Waals surface area contributed by atoms with E-state index in [0.29, 0.717) is 16.9 Å². The fourth-order valence-electron chi connectivity index (χ4n) is 4.18. The van der Waals surface area contributed by atoms with Gasteiger partial charge in [-0.2, -0.15) is 0 Å². The molecule has 1 N–H and O–H groups in total. The highest BCUT2D eigenvalue weighted by atomic mass is 16.5. The highest BCUT2D eigenvalue weighted by Gasteiger charge is 2.44. The number of rotatable bonds is 6. The van der Waals surface area contributed by atoms with Gasteiger partial charge < -0.3 is 19.2 Å². The molecule has 2 aromatic carbocycles. The molecular weight excluding hydrogens is 420 g/mol. The summed E-state index contributed by atoms with van der Waals surface area (Å²) in [7, 11) is 1.55. The molecule has 33 heavy (non-hydrogen) atoms. The van der Waals surface area contributed by atoms with Crippen LogP contribution in [0.15, 0.2) is 94.9 Å². The first kappa shape index (κ1) is 20.5. The van der Waals surface area contributed by atoms with Gasteiger partial charge >= 0.3 is 0 Å². The van der Waals surface area contributed by atoms with Crippen LogP contribution in [-0.4, -0.2) is 33.8 Å². The summed E-state index contributed by atoms with van der Waals surface area (Å²) in [5.41, 5.74) is 1.92. The van der Waals surface area contributed by atoms with Gasteiger partial charge in [-0.15, -0.1) is 0 Å². The van der Waals surface area contributed by atoms with Crippen LogP contribution in [0.3, 0.4) is 0 Å². The van der Waals surface area contributed by atoms with Gasteiger partial charge in [-0.25, -0.2) is 0 Å². The molecule has 0 radical (unpaired) electrons. The number of nitrogens with zero attached hydrogens (tertiary/aromatic N) is 2. The Labute approximate surface area is 189 Å². The van der Waals surface area contributed by atoms with Crippen LogP contribution < -0.4 is 4.74 Å². The maximum Gasteiger partial charge on any atom is 0.290 e. The van der Waals surface area contributed by atoms with E-state index in [0.717, 1.165) is 10.9 Å². The highest BCUT2D eigenvalue weighted by molar-refractivity contribution is 6.16. The number of hydrogen-bond acceptors (Lipinski definition) is 6. The molecule has 0 saturated carbocycles. The first-order valence-electron chi connectivity index (χ1n) is 10.4. The lowest BCUT2D eigenvalue weighted by Crippen LogP contribution is -2.30. The molecule has 1 aliphatic heterocycles. The van der Waals surface area contributed by atoms with Crippen LogP contribution in [-0.2, 0) is 11.3 Å². The molecule has 0 saturated heterocycles. The average Bonchev–Trinajstić information content (AvgIpc) is 3.39. The van der Waals surface area contributed by atoms with E-state index in [9.17, 15) is 14.7 Å². The minimum absolute atomic E-state index is 0.0276. The van der Waals surface area contributed by atoms with Gasteiger partial charge in [-0.1, -0.05) is 36.4 Å². The Bertz CT molecular complexity index is 1360. The molecule has 0 fully saturated rings. The summed E-state index contributed by atoms with van der Waals surface area (Å²) in [4.78, 5) is 32.2. The highest BCUT2D eigenvalue weighted by Crippen LogP contribution is 2.41. The summed E-state index contributed by atoms with van der Waals surface area (Å²) in [5, 5.41) is 11.6. The predicted molar refractivity (Wildman–Crippen MR) is 121 cm³/mol. The first-order chi connectivity index (χ1) is 16.1. The number of pyridine rings is 1. The Morgan fingerprint density at radius 2 is 1.82 bits per heavy atom. The molecule has 7 heteroatoms. The maximum atomic E-state index is 13.5. The van der Waals surface area contributed by atoms with E-state index in [1.807, 2.05) is 36.4 Å². The Hall–Kier alpha value is -4.39. The van der Waals surface area contributed by atoms with Crippen molar-refractivity contribution in [3.8, 4) is 5.75 Å². The largest absolute Gasteiger partial charge is 0.503 e. The monoisotopic (exact) mass is 440 g/mol. The fraction of sp³-hybridized carbons (Fsp3) is 0.115. The van der Waals surface area contributed by atoms with Crippen molar-refractivity contribution in [3.05, 3.63) is 107 Å². The molecule has 5 rings (SSSR count). The summed E-state index contributed by atoms with van der Waals surface area (Å²) in [5.74, 6) is -1.10. The topological polar surface area (TPSA) is 92.9 Å². The molecule has 0 aliphatic carbocycles. The Morgan fingerprint density at radius 1 is 1.09 bits per heavy atom. The molecule has 1 aliphatic rings. The van der Waals surface area contributed by atoms with Crippen LogP contribution in [0.2, 0.25) is 0 Å². The second kappa shape index (κ2) is 8.27. The minimum Gasteiger partial charge on any atom is -0.503 e. The molecule has 0 bridgehead atoms. The zero-order valence-electron chi connectivity index (χ0n) is 17.8. The number of benzene rings is 2. The number of carbonyl (C=O) groups is 2. The Morgan fingerprint density at radius 3 is 2.58 bits per heavy atom. The second-order valence-corrected chi connectivity index (χ2v) is 7.67. The molecule has 1 unspecified atom stereocenters. The van der Waals surface area contributed by atoms with Gasteiger partial charge in [0.05, 0.1) is 25.3 Å². The van der Waals surface area contributed by atoms with E-state index in [1.54, 1.807) is 49.8 Å². The molecule has 4 aromatic rings. The van der Waals surface area contributed by atoms with Crippen LogP contribution in [0.4, 0.5) is 0 Å². The lowest BCUT2D eigenvalue weighted by Gasteiger charge is -2.27. The van der Waals surface area contributed by atoms with Gasteiger partial charge in [0.2, 0.25) is 5.78 Å². The third kappa shape index (κ3) is 3.53. The average molecular weight is 440 g/mol. The van der Waals surface area contributed by atoms with Gasteiger partial charge in [0, 0.05) is 23.3 Å². The minimum atomic E-state index is -0.814. The number of para-hydroxylation sites is 2. The quantitative estimate of drug-likeness (QED) is 0.440. The summed E-state index contributed by atoms with van der Waals surface area (Å²) < 4.78 is 11.2. The van der Waals surface area contributed by atoms with Crippen molar-refractivity contribution < 1.29 is 23.8 Å². The SMILES string of the molecule is COc1ccccc1CN1C(=O)C(O)=C(C(=O)c2cc3ccccc3o2)C1c1ccncc1. The van der Waals surface area contributed by atoms with Crippen molar-refractivity contribution in [3.63, 3.8) is 0 Å². The van der Waals surface area contributed by atoms with Crippen molar-refractivity contribution in [2.24, 2.45) is 0 Å². The number of ether oxygens (including phenoxy) is 1. The number of furan rings is 1. The van der Waals surface area contributed by atoms with Crippen LogP contribution in [0.1, 0.15) is 27.7 Å². The van der Waals surface area contributed by atoms with Crippen molar-refractivity contribution in [1.82, 2.24) is 9.88 Å². The second-order valence-electron chi connectivity index (χ2n) is 7.67. The summed E-state index contributed by atoms with van der Waals surface area (Å²) >= 11 is 0. The number of Topliss-reactive ketones (excluding diaryl/α,β-unsaturated/α-hetero) is 1. The van der Waals surface area contributed by atoms with Crippen LogP contribution in [0.5, 0.6) is 5.75 Å². The number of ketones is 1. The molecule has 3 heterocycles. The summed E-state index contributed by atoms with van der Waals surface area (Å²) in [6.07, 6.45) is 3.17. The molecule has 7 nitrogen and oxygen atoms in total. The van der Waals surface area contributed by atoms with Crippen molar-refractivity contribution in [2.45, 2.75) is 12.6 Å². The number of carbonyl (C=O) groups excluding carboxylic acids is 2. The van der Waals surface area contributed by atoms with Gasteiger partial charge in [0.25, 0.3) is 5.91 Å². The summed E-state index contributed by atoms with van der Waals surface area (Å²) in [6.45, 7) is 0.136. The third-order valence-corrected chi connectivity index (χ3v) is 5.75. The molecule has 164 valence electrons. The molecule has 1 atom stereocenters. The van der Waals surface area contributed by atoms with Crippen molar-refractivity contribution in [1.29, 1.82) is 0 Å². The number of fused-ring (bicyclic) bond motifs is 1. The number of methoxy groups -OCH3 is 1. The number of aromatic nitrogens is 1. The van der Waals surface area contributed by atoms with Crippen LogP contribution in [0, 0.1) is 0 Å². The summed E-state index contributed by atoms with van der Waals surface area (Å²) in [6, 6.07) is 18.8. The normalized spacial score (nSPS) is 16.0. The number of aliphatic hydroxyl groups excluding tert-OH is 1. The number of hydrogen-bond donors (Lipinski definition) is 1. The van der Waals surface area contributed by atoms with Crippen molar-refractivity contribution in [2.75, 3.05) is 7.11 Å². The van der Waals surface area contributed by atoms with E-state index in [4.69, 9.17) is 9.15 Å². The molecule has 0 spiro atoms. The van der Waals surface area contributed by atoms with E-state index < -0.39 is 23.5 Å². The van der Waals surface area contributed by atoms with Crippen LogP contribution in [0.25, 0.3) is 11.0 Å². The third-order valence-electron chi connectivity index (χ3n) is 5.75. The van der Waals surface area contributed by atoms with E-state index in [-0.39, 0.29) is 17.9 Å². The first-order valence-corrected chi connectivity index (χ1v) is 10.4. The predicted octanol–water partition coefficient (Wildman–Crippen LogP) is 4.61. The van der Waals surface area contributed by atoms with E-state index in [2.05, 4.69) is 4.98 Å². The number of aliphatic hydroxyl groups is 1. The molecular formula is C26H20N2O5. The zero-order chi connectivity index (χ0) is 22.9. The van der Waals surface area contributed by atoms with Crippen LogP contribution >= 0.6 is 0 Å². The lowest BCUT2D eigenvalue weighted by atomic mass is 9.95. The van der Waals surface area contributed by atoms with Gasteiger partial charge in [0.1, 0.15) is 11.3 Å². The van der Waals surface area contributed by atoms with Gasteiger partial charge in [0.15, 0.2) is 11.5 Å². The molecule has 1 amide bonds. The maximum absolute atomic E-state index is 13.5. The van der Waals surface area contributed by atoms with Crippen molar-refractivity contribution >= 4 is 22.7 Å². The van der Waals surface area contributed by atoms with Gasteiger partial charge in [-0.05, 0) is 35.9 Å². The standard InChI is InChI=1S/C26H20N2O5/c1-32-19-8-4-3-7-18(19)15-28-23(16-10-12-27-13-11-16)22(25(30)26(28)31)24(29)21-14-17-6-2-5-9-20(17)33-21/h2-14,23,30H,15H2,1H3. The van der Waals surface area contributed by atoms with E-state index >= 15 is 0 Å². The smallest absolute Gasteiger partial charge is 0.290 e.